The minimum atomic E-state index is 0.722. The van der Waals surface area contributed by atoms with Crippen LogP contribution >= 0.6 is 0 Å². The minimum absolute atomic E-state index is 0.722. The highest BCUT2D eigenvalue weighted by atomic mass is 16.5. The molecule has 1 rings (SSSR count). The lowest BCUT2D eigenvalue weighted by Crippen LogP contribution is -2.20. The summed E-state index contributed by atoms with van der Waals surface area (Å²) in [6, 6.07) is 4.38. The second-order valence-corrected chi connectivity index (χ2v) is 5.38. The Morgan fingerprint density at radius 2 is 1.75 bits per heavy atom. The molecule has 20 heavy (non-hydrogen) atoms. The number of rotatable bonds is 9. The third-order valence-corrected chi connectivity index (χ3v) is 3.12. The molecule has 0 atom stereocenters. The number of benzene rings is 1. The maximum atomic E-state index is 5.89. The minimum Gasteiger partial charge on any atom is -0.492 e. The summed E-state index contributed by atoms with van der Waals surface area (Å²) < 4.78 is 10.9. The molecule has 1 N–H and O–H groups in total. The summed E-state index contributed by atoms with van der Waals surface area (Å²) in [5, 5.41) is 3.36. The third kappa shape index (κ3) is 5.90. The van der Waals surface area contributed by atoms with Crippen LogP contribution in [0.3, 0.4) is 0 Å². The molecule has 0 bridgehead atoms. The van der Waals surface area contributed by atoms with Gasteiger partial charge in [-0.25, -0.2) is 0 Å². The first-order valence-corrected chi connectivity index (χ1v) is 7.12. The van der Waals surface area contributed by atoms with E-state index in [9.17, 15) is 0 Å². The number of nitrogens with zero attached hydrogens (tertiary/aromatic N) is 1. The van der Waals surface area contributed by atoms with Crippen LogP contribution in [0.2, 0.25) is 0 Å². The normalized spacial score (nSPS) is 11.1. The van der Waals surface area contributed by atoms with Crippen molar-refractivity contribution in [3.63, 3.8) is 0 Å². The van der Waals surface area contributed by atoms with E-state index in [-0.39, 0.29) is 0 Å². The lowest BCUT2D eigenvalue weighted by molar-refractivity contribution is 0.199. The highest BCUT2D eigenvalue weighted by molar-refractivity contribution is 5.43. The van der Waals surface area contributed by atoms with Crippen molar-refractivity contribution in [2.45, 2.75) is 20.4 Å². The molecule has 0 radical (unpaired) electrons. The van der Waals surface area contributed by atoms with E-state index in [0.717, 1.165) is 38.6 Å². The first-order chi connectivity index (χ1) is 9.54. The molecule has 0 saturated heterocycles. The predicted molar refractivity (Wildman–Crippen MR) is 83.5 cm³/mol. The summed E-state index contributed by atoms with van der Waals surface area (Å²) in [6.45, 7) is 8.34. The van der Waals surface area contributed by atoms with Gasteiger partial charge in [-0.05, 0) is 44.6 Å². The number of ether oxygens (including phenoxy) is 2. The number of hydrogen-bond acceptors (Lipinski definition) is 4. The van der Waals surface area contributed by atoms with E-state index in [1.165, 1.54) is 16.7 Å². The lowest BCUT2D eigenvalue weighted by Gasteiger charge is -2.16. The molecule has 4 heteroatoms. The summed E-state index contributed by atoms with van der Waals surface area (Å²) in [5.74, 6) is 1.02. The van der Waals surface area contributed by atoms with Crippen molar-refractivity contribution >= 4 is 0 Å². The highest BCUT2D eigenvalue weighted by Gasteiger charge is 2.06. The topological polar surface area (TPSA) is 33.7 Å². The van der Waals surface area contributed by atoms with Gasteiger partial charge in [0.2, 0.25) is 0 Å². The van der Waals surface area contributed by atoms with Crippen molar-refractivity contribution in [1.82, 2.24) is 10.2 Å². The van der Waals surface area contributed by atoms with Gasteiger partial charge in [0.25, 0.3) is 0 Å². The Morgan fingerprint density at radius 1 is 1.10 bits per heavy atom. The monoisotopic (exact) mass is 280 g/mol. The highest BCUT2D eigenvalue weighted by Crippen LogP contribution is 2.24. The van der Waals surface area contributed by atoms with Crippen LogP contribution in [-0.2, 0) is 11.3 Å². The smallest absolute Gasteiger partial charge is 0.125 e. The fourth-order valence-electron chi connectivity index (χ4n) is 2.11. The van der Waals surface area contributed by atoms with E-state index in [1.807, 2.05) is 0 Å². The van der Waals surface area contributed by atoms with Crippen molar-refractivity contribution < 1.29 is 9.47 Å². The van der Waals surface area contributed by atoms with Gasteiger partial charge in [0.1, 0.15) is 12.4 Å². The van der Waals surface area contributed by atoms with Crippen molar-refractivity contribution in [2.75, 3.05) is 47.5 Å². The first kappa shape index (κ1) is 17.0. The van der Waals surface area contributed by atoms with E-state index >= 15 is 0 Å². The number of methoxy groups -OCH3 is 1. The molecule has 0 aliphatic heterocycles. The maximum Gasteiger partial charge on any atom is 0.125 e. The van der Waals surface area contributed by atoms with Crippen LogP contribution in [0.5, 0.6) is 5.75 Å². The van der Waals surface area contributed by atoms with E-state index in [4.69, 9.17) is 9.47 Å². The van der Waals surface area contributed by atoms with Crippen LogP contribution in [0.15, 0.2) is 12.1 Å². The van der Waals surface area contributed by atoms with Gasteiger partial charge in [0, 0.05) is 26.7 Å². The average molecular weight is 280 g/mol. The van der Waals surface area contributed by atoms with Gasteiger partial charge >= 0.3 is 0 Å². The van der Waals surface area contributed by atoms with Crippen LogP contribution < -0.4 is 10.1 Å². The molecule has 0 aromatic heterocycles. The van der Waals surface area contributed by atoms with Crippen LogP contribution in [0, 0.1) is 13.8 Å². The summed E-state index contributed by atoms with van der Waals surface area (Å²) >= 11 is 0. The molecular weight excluding hydrogens is 252 g/mol. The number of aryl methyl sites for hydroxylation is 2. The SMILES string of the molecule is COCCNCc1cc(C)c(OCCN(C)C)c(C)c1. The third-order valence-electron chi connectivity index (χ3n) is 3.12. The van der Waals surface area contributed by atoms with Gasteiger partial charge in [0.05, 0.1) is 6.61 Å². The number of hydrogen-bond donors (Lipinski definition) is 1. The average Bonchev–Trinajstić information content (AvgIpc) is 2.37. The van der Waals surface area contributed by atoms with Crippen LogP contribution in [0.25, 0.3) is 0 Å². The predicted octanol–water partition coefficient (Wildman–Crippen LogP) is 1.98. The van der Waals surface area contributed by atoms with Crippen molar-refractivity contribution in [3.05, 3.63) is 28.8 Å². The Labute approximate surface area is 123 Å². The summed E-state index contributed by atoms with van der Waals surface area (Å²) in [4.78, 5) is 2.12. The molecule has 0 heterocycles. The van der Waals surface area contributed by atoms with E-state index < -0.39 is 0 Å². The van der Waals surface area contributed by atoms with Crippen molar-refractivity contribution in [3.8, 4) is 5.75 Å². The summed E-state index contributed by atoms with van der Waals surface area (Å²) in [6.07, 6.45) is 0. The van der Waals surface area contributed by atoms with Gasteiger partial charge in [-0.15, -0.1) is 0 Å². The Kier molecular flexibility index (Phi) is 7.59. The number of likely N-dealkylation sites (N-methyl/N-ethyl adjacent to an activating group) is 1. The van der Waals surface area contributed by atoms with Crippen LogP contribution in [0.1, 0.15) is 16.7 Å². The Hall–Kier alpha value is -1.10. The quantitative estimate of drug-likeness (QED) is 0.701. The lowest BCUT2D eigenvalue weighted by atomic mass is 10.1. The summed E-state index contributed by atoms with van der Waals surface area (Å²) in [7, 11) is 5.82. The fourth-order valence-corrected chi connectivity index (χ4v) is 2.11. The Bertz CT molecular complexity index is 382. The molecule has 0 aliphatic rings. The molecule has 0 unspecified atom stereocenters. The van der Waals surface area contributed by atoms with E-state index in [0.29, 0.717) is 0 Å². The summed E-state index contributed by atoms with van der Waals surface area (Å²) in [5.41, 5.74) is 3.69. The fraction of sp³-hybridized carbons (Fsp3) is 0.625. The van der Waals surface area contributed by atoms with Gasteiger partial charge in [-0.3, -0.25) is 0 Å². The zero-order valence-corrected chi connectivity index (χ0v) is 13.5. The van der Waals surface area contributed by atoms with Crippen molar-refractivity contribution in [2.24, 2.45) is 0 Å². The molecule has 0 saturated carbocycles. The Balaban J connectivity index is 2.57. The van der Waals surface area contributed by atoms with Crippen LogP contribution in [0.4, 0.5) is 0 Å². The second kappa shape index (κ2) is 8.95. The van der Waals surface area contributed by atoms with Gasteiger partial charge in [-0.2, -0.15) is 0 Å². The molecular formula is C16H28N2O2. The Morgan fingerprint density at radius 3 is 2.30 bits per heavy atom. The molecule has 0 aliphatic carbocycles. The second-order valence-electron chi connectivity index (χ2n) is 5.38. The van der Waals surface area contributed by atoms with E-state index in [2.05, 4.69) is 50.3 Å². The number of nitrogens with one attached hydrogen (secondary N) is 1. The zero-order valence-electron chi connectivity index (χ0n) is 13.5. The maximum absolute atomic E-state index is 5.89. The zero-order chi connectivity index (χ0) is 15.0. The molecule has 0 amide bonds. The largest absolute Gasteiger partial charge is 0.492 e. The van der Waals surface area contributed by atoms with Gasteiger partial charge in [-0.1, -0.05) is 12.1 Å². The molecule has 1 aromatic carbocycles. The molecule has 1 aromatic rings. The molecule has 4 nitrogen and oxygen atoms in total. The standard InChI is InChI=1S/C16H28N2O2/c1-13-10-15(12-17-6-8-19-5)11-14(2)16(13)20-9-7-18(3)4/h10-11,17H,6-9,12H2,1-5H3. The molecule has 0 spiro atoms. The van der Waals surface area contributed by atoms with Gasteiger partial charge < -0.3 is 19.7 Å². The van der Waals surface area contributed by atoms with Crippen LogP contribution in [-0.4, -0.2) is 52.4 Å². The van der Waals surface area contributed by atoms with E-state index in [1.54, 1.807) is 7.11 Å². The van der Waals surface area contributed by atoms with Crippen molar-refractivity contribution in [1.29, 1.82) is 0 Å². The molecule has 0 fully saturated rings. The van der Waals surface area contributed by atoms with Gasteiger partial charge in [0.15, 0.2) is 0 Å². The first-order valence-electron chi connectivity index (χ1n) is 7.12. The molecule has 114 valence electrons.